The topological polar surface area (TPSA) is 38.9 Å². The standard InChI is InChI=1S/C33H34NO.C17H22GeN.Ir/c1-20(2)17-23-15-16-34-30(18-23)29-12-8-11-28-27-14-13-24(19-31(27)35-33(28)29)32-25(21(3)4)9-7-10-26(32)22(5)6;1-12-7-8-15(9-13(12)2)17-10-14(3)16(11-19-17)18(4,5)6;/h7-11,13-16,18-22H,17H2,1-6H3;7,9-11H,1-6H3;/q2*-1;. The van der Waals surface area contributed by atoms with Gasteiger partial charge in [-0.05, 0) is 64.3 Å². The van der Waals surface area contributed by atoms with Crippen LogP contribution in [0.1, 0.15) is 86.8 Å². The van der Waals surface area contributed by atoms with Crippen LogP contribution < -0.4 is 4.40 Å². The van der Waals surface area contributed by atoms with Crippen LogP contribution in [0.3, 0.4) is 0 Å². The molecule has 3 nitrogen and oxygen atoms in total. The van der Waals surface area contributed by atoms with Crippen molar-refractivity contribution in [3.05, 3.63) is 137 Å². The first kappa shape index (κ1) is 42.3. The minimum Gasteiger partial charge on any atom is 0 e. The maximum Gasteiger partial charge on any atom is 0 e. The van der Waals surface area contributed by atoms with E-state index in [0.717, 1.165) is 50.9 Å². The van der Waals surface area contributed by atoms with Crippen molar-refractivity contribution in [2.75, 3.05) is 0 Å². The number of pyridine rings is 2. The van der Waals surface area contributed by atoms with Crippen LogP contribution in [0.2, 0.25) is 17.3 Å². The number of hydrogen-bond donors (Lipinski definition) is 0. The van der Waals surface area contributed by atoms with E-state index in [0.29, 0.717) is 17.8 Å². The van der Waals surface area contributed by atoms with Crippen molar-refractivity contribution in [3.63, 3.8) is 0 Å². The third-order valence-corrected chi connectivity index (χ3v) is 14.9. The van der Waals surface area contributed by atoms with E-state index in [-0.39, 0.29) is 20.1 Å². The molecule has 0 saturated heterocycles. The average molecular weight is 966 g/mol. The Hall–Kier alpha value is -3.83. The van der Waals surface area contributed by atoms with Crippen molar-refractivity contribution in [3.8, 4) is 33.6 Å². The number of benzene rings is 4. The summed E-state index contributed by atoms with van der Waals surface area (Å²) in [4.78, 5) is 9.34. The van der Waals surface area contributed by atoms with Crippen molar-refractivity contribution < 1.29 is 24.5 Å². The number of fused-ring (bicyclic) bond motifs is 3. The van der Waals surface area contributed by atoms with Crippen LogP contribution in [0.25, 0.3) is 55.6 Å². The fourth-order valence-electron chi connectivity index (χ4n) is 7.49. The molecule has 0 unspecified atom stereocenters. The Morgan fingerprint density at radius 2 is 1.42 bits per heavy atom. The van der Waals surface area contributed by atoms with Crippen LogP contribution in [-0.2, 0) is 26.5 Å². The molecule has 0 amide bonds. The van der Waals surface area contributed by atoms with E-state index in [2.05, 4.69) is 181 Å². The SMILES string of the molecule is CC(C)Cc1ccnc(-c2[c-]ccc3c2oc2cc(-c4c(C(C)C)cccc4C(C)C)ccc23)c1.Cc1c[c-]c(-c2cc(C)[c]([Ge]([CH3])([CH3])[CH3])cn2)cc1C.[Ir]. The van der Waals surface area contributed by atoms with Crippen molar-refractivity contribution >= 4 is 39.6 Å². The zero-order valence-electron chi connectivity index (χ0n) is 34.7. The Balaban J connectivity index is 0.000000246. The number of furan rings is 1. The monoisotopic (exact) mass is 967 g/mol. The molecular weight excluding hydrogens is 909 g/mol. The minimum absolute atomic E-state index is 0. The van der Waals surface area contributed by atoms with E-state index in [1.807, 2.05) is 12.3 Å². The molecule has 0 saturated carbocycles. The molecule has 0 atom stereocenters. The quantitative estimate of drug-likeness (QED) is 0.113. The van der Waals surface area contributed by atoms with Crippen LogP contribution in [-0.4, -0.2) is 23.2 Å². The summed E-state index contributed by atoms with van der Waals surface area (Å²) in [5.74, 6) is 8.71. The van der Waals surface area contributed by atoms with E-state index in [4.69, 9.17) is 4.42 Å². The third-order valence-electron chi connectivity index (χ3n) is 10.4. The van der Waals surface area contributed by atoms with Gasteiger partial charge < -0.3 is 9.40 Å². The molecule has 0 aliphatic heterocycles. The van der Waals surface area contributed by atoms with E-state index >= 15 is 0 Å². The second-order valence-corrected chi connectivity index (χ2v) is 27.6. The molecule has 7 rings (SSSR count). The first-order valence-corrected chi connectivity index (χ1v) is 26.9. The summed E-state index contributed by atoms with van der Waals surface area (Å²) in [6.07, 6.45) is 5.02. The number of aromatic nitrogens is 2. The Morgan fingerprint density at radius 3 is 2.04 bits per heavy atom. The molecule has 4 aromatic carbocycles. The van der Waals surface area contributed by atoms with E-state index in [1.54, 1.807) is 0 Å². The van der Waals surface area contributed by atoms with Gasteiger partial charge in [-0.2, -0.15) is 0 Å². The fraction of sp³-hybridized carbons (Fsp3) is 0.320. The van der Waals surface area contributed by atoms with Gasteiger partial charge in [0.2, 0.25) is 0 Å². The molecule has 0 N–H and O–H groups in total. The van der Waals surface area contributed by atoms with Gasteiger partial charge in [0.15, 0.2) is 0 Å². The van der Waals surface area contributed by atoms with Crippen molar-refractivity contribution in [2.45, 2.75) is 97.8 Å². The molecule has 0 aliphatic carbocycles. The van der Waals surface area contributed by atoms with Gasteiger partial charge >= 0.3 is 119 Å². The molecule has 3 aromatic heterocycles. The van der Waals surface area contributed by atoms with Crippen LogP contribution in [0.15, 0.2) is 95.7 Å². The number of nitrogens with zero attached hydrogens (tertiary/aromatic N) is 2. The summed E-state index contributed by atoms with van der Waals surface area (Å²) in [5.41, 5.74) is 16.3. The van der Waals surface area contributed by atoms with Gasteiger partial charge in [0.1, 0.15) is 5.58 Å². The molecular formula is C50H56GeIrN2O-2. The van der Waals surface area contributed by atoms with Gasteiger partial charge in [-0.1, -0.05) is 94.5 Å². The van der Waals surface area contributed by atoms with Crippen LogP contribution in [0.5, 0.6) is 0 Å². The van der Waals surface area contributed by atoms with E-state index < -0.39 is 13.3 Å². The summed E-state index contributed by atoms with van der Waals surface area (Å²) < 4.78 is 8.04. The molecule has 55 heavy (non-hydrogen) atoms. The van der Waals surface area contributed by atoms with E-state index in [1.165, 1.54) is 48.9 Å². The molecule has 0 fully saturated rings. The van der Waals surface area contributed by atoms with Crippen molar-refractivity contribution in [1.82, 2.24) is 9.97 Å². The smallest absolute Gasteiger partial charge is 0 e. The Morgan fingerprint density at radius 1 is 0.709 bits per heavy atom. The zero-order chi connectivity index (χ0) is 38.9. The molecule has 0 spiro atoms. The van der Waals surface area contributed by atoms with Crippen LogP contribution in [0.4, 0.5) is 0 Å². The average Bonchev–Trinajstić information content (AvgIpc) is 3.50. The number of hydrogen-bond acceptors (Lipinski definition) is 3. The maximum absolute atomic E-state index is 6.55. The molecule has 0 aliphatic rings. The van der Waals surface area contributed by atoms with Gasteiger partial charge in [-0.15, -0.1) is 18.2 Å². The normalized spacial score (nSPS) is 11.7. The summed E-state index contributed by atoms with van der Waals surface area (Å²) in [6.45, 7) is 20.0. The predicted molar refractivity (Wildman–Crippen MR) is 234 cm³/mol. The summed E-state index contributed by atoms with van der Waals surface area (Å²) in [6, 6.07) is 35.0. The van der Waals surface area contributed by atoms with Gasteiger partial charge in [0, 0.05) is 31.7 Å². The van der Waals surface area contributed by atoms with Gasteiger partial charge in [0.25, 0.3) is 0 Å². The van der Waals surface area contributed by atoms with Gasteiger partial charge in [0.05, 0.1) is 5.58 Å². The second-order valence-electron chi connectivity index (χ2n) is 17.0. The molecule has 7 aromatic rings. The molecule has 5 heteroatoms. The van der Waals surface area contributed by atoms with Crippen LogP contribution in [0, 0.1) is 38.8 Å². The summed E-state index contributed by atoms with van der Waals surface area (Å²) >= 11 is -1.80. The Bertz CT molecular complexity index is 2410. The molecule has 0 bridgehead atoms. The maximum atomic E-state index is 6.55. The Kier molecular flexibility index (Phi) is 13.5. The minimum atomic E-state index is -1.80. The van der Waals surface area contributed by atoms with Crippen molar-refractivity contribution in [2.24, 2.45) is 5.92 Å². The first-order chi connectivity index (χ1) is 25.6. The number of rotatable bonds is 8. The van der Waals surface area contributed by atoms with Crippen molar-refractivity contribution in [1.29, 1.82) is 0 Å². The summed E-state index contributed by atoms with van der Waals surface area (Å²) in [7, 11) is 0. The first-order valence-electron chi connectivity index (χ1n) is 19.5. The fourth-order valence-corrected chi connectivity index (χ4v) is 11.1. The van der Waals surface area contributed by atoms with E-state index in [9.17, 15) is 0 Å². The number of aryl methyl sites for hydroxylation is 3. The van der Waals surface area contributed by atoms with Gasteiger partial charge in [-0.25, -0.2) is 0 Å². The van der Waals surface area contributed by atoms with Gasteiger partial charge in [-0.3, -0.25) is 0 Å². The molecule has 287 valence electrons. The Labute approximate surface area is 346 Å². The second kappa shape index (κ2) is 17.5. The summed E-state index contributed by atoms with van der Waals surface area (Å²) in [5, 5.41) is 2.24. The molecule has 3 heterocycles. The zero-order valence-corrected chi connectivity index (χ0v) is 39.2. The predicted octanol–water partition coefficient (Wildman–Crippen LogP) is 13.6. The molecule has 1 radical (unpaired) electrons. The third kappa shape index (κ3) is 9.42. The van der Waals surface area contributed by atoms with Crippen LogP contribution >= 0.6 is 0 Å². The largest absolute Gasteiger partial charge is 0 e.